The first-order valence-electron chi connectivity index (χ1n) is 12.4. The van der Waals surface area contributed by atoms with Crippen molar-refractivity contribution >= 4 is 17.6 Å². The average Bonchev–Trinajstić information content (AvgIpc) is 3.07. The Balaban J connectivity index is 1.55. The van der Waals surface area contributed by atoms with Gasteiger partial charge in [0, 0.05) is 16.7 Å². The molecule has 4 rings (SSSR count). The van der Waals surface area contributed by atoms with Gasteiger partial charge in [-0.1, -0.05) is 56.2 Å². The van der Waals surface area contributed by atoms with Crippen LogP contribution in [-0.2, 0) is 11.2 Å². The third-order valence-corrected chi connectivity index (χ3v) is 8.33. The van der Waals surface area contributed by atoms with Gasteiger partial charge in [-0.2, -0.15) is 0 Å². The molecule has 2 saturated carbocycles. The molecule has 3 N–H and O–H groups in total. The van der Waals surface area contributed by atoms with E-state index in [2.05, 4.69) is 13.0 Å². The normalized spacial score (nSPS) is 26.6. The molecule has 2 aromatic carbocycles. The zero-order valence-electron chi connectivity index (χ0n) is 19.7. The molecule has 2 aromatic rings. The lowest BCUT2D eigenvalue weighted by Crippen LogP contribution is -2.36. The van der Waals surface area contributed by atoms with Gasteiger partial charge < -0.3 is 20.1 Å². The van der Waals surface area contributed by atoms with E-state index in [0.29, 0.717) is 18.6 Å². The Morgan fingerprint density at radius 1 is 1.21 bits per heavy atom. The Morgan fingerprint density at radius 3 is 2.65 bits per heavy atom. The number of halogens is 1. The summed E-state index contributed by atoms with van der Waals surface area (Å²) in [6.07, 6.45) is 5.48. The number of carbonyl (C=O) groups is 1. The molecule has 2 fully saturated rings. The maximum Gasteiger partial charge on any atom is 0.341 e. The first-order valence-corrected chi connectivity index (χ1v) is 12.8. The first-order chi connectivity index (χ1) is 16.3. The van der Waals surface area contributed by atoms with E-state index in [9.17, 15) is 15.0 Å². The van der Waals surface area contributed by atoms with E-state index in [0.717, 1.165) is 42.4 Å². The fraction of sp³-hybridized carbons (Fsp3) is 0.536. The standard InChI is InChI=1S/C28H35ClO5/c1-2-10-28(11-5-12-28)27(33)20-8-4-7-19(15-20)26-22(23(29)16-24(26)30)14-18-6-3-9-21(13-18)34-17-25(31)32/h3-4,6-9,13,15,22-24,26-27,30,33H,2,5,10-12,14,16-17H2,1H3,(H,31,32)/t22-,23-,24+,26+,27?/m0/s1. The molecule has 2 aliphatic rings. The highest BCUT2D eigenvalue weighted by Crippen LogP contribution is 2.54. The van der Waals surface area contributed by atoms with Crippen LogP contribution in [0.15, 0.2) is 48.5 Å². The van der Waals surface area contributed by atoms with Crippen molar-refractivity contribution in [2.75, 3.05) is 6.61 Å². The van der Waals surface area contributed by atoms with Crippen LogP contribution in [0.4, 0.5) is 0 Å². The van der Waals surface area contributed by atoms with Gasteiger partial charge in [-0.25, -0.2) is 4.79 Å². The summed E-state index contributed by atoms with van der Waals surface area (Å²) < 4.78 is 5.33. The molecule has 1 unspecified atom stereocenters. The second-order valence-corrected chi connectivity index (χ2v) is 10.6. The van der Waals surface area contributed by atoms with E-state index >= 15 is 0 Å². The number of carboxylic acid groups (broad SMARTS) is 1. The molecular weight excluding hydrogens is 452 g/mol. The van der Waals surface area contributed by atoms with Gasteiger partial charge in [-0.15, -0.1) is 11.6 Å². The lowest BCUT2D eigenvalue weighted by atomic mass is 9.61. The second-order valence-electron chi connectivity index (χ2n) is 10.1. The number of carboxylic acids is 1. The summed E-state index contributed by atoms with van der Waals surface area (Å²) in [5, 5.41) is 30.9. The molecule has 0 spiro atoms. The zero-order valence-corrected chi connectivity index (χ0v) is 20.5. The number of aliphatic hydroxyl groups is 2. The van der Waals surface area contributed by atoms with Crippen molar-refractivity contribution < 1.29 is 24.9 Å². The van der Waals surface area contributed by atoms with E-state index in [1.165, 1.54) is 6.42 Å². The van der Waals surface area contributed by atoms with Crippen molar-refractivity contribution in [3.8, 4) is 5.75 Å². The van der Waals surface area contributed by atoms with Crippen LogP contribution >= 0.6 is 11.6 Å². The van der Waals surface area contributed by atoms with Gasteiger partial charge in [-0.3, -0.25) is 0 Å². The Bertz CT molecular complexity index is 988. The van der Waals surface area contributed by atoms with Crippen molar-refractivity contribution in [3.63, 3.8) is 0 Å². The minimum atomic E-state index is -1.02. The molecular formula is C28H35ClO5. The minimum absolute atomic E-state index is 0.00656. The summed E-state index contributed by atoms with van der Waals surface area (Å²) in [6, 6.07) is 15.5. The van der Waals surface area contributed by atoms with Crippen molar-refractivity contribution in [2.45, 2.75) is 75.4 Å². The topological polar surface area (TPSA) is 87.0 Å². The highest BCUT2D eigenvalue weighted by atomic mass is 35.5. The average molecular weight is 487 g/mol. The summed E-state index contributed by atoms with van der Waals surface area (Å²) >= 11 is 6.74. The summed E-state index contributed by atoms with van der Waals surface area (Å²) in [5.41, 5.74) is 2.91. The second kappa shape index (κ2) is 10.7. The lowest BCUT2D eigenvalue weighted by Gasteiger charge is -2.46. The van der Waals surface area contributed by atoms with Crippen LogP contribution in [0.25, 0.3) is 0 Å². The number of aliphatic hydroxyl groups excluding tert-OH is 2. The highest BCUT2D eigenvalue weighted by molar-refractivity contribution is 6.21. The summed E-state index contributed by atoms with van der Waals surface area (Å²) in [4.78, 5) is 10.8. The van der Waals surface area contributed by atoms with Crippen LogP contribution in [0.5, 0.6) is 5.75 Å². The fourth-order valence-electron chi connectivity index (χ4n) is 6.05. The van der Waals surface area contributed by atoms with Gasteiger partial charge in [0.05, 0.1) is 12.2 Å². The van der Waals surface area contributed by atoms with Gasteiger partial charge in [-0.05, 0) is 66.8 Å². The molecule has 5 nitrogen and oxygen atoms in total. The van der Waals surface area contributed by atoms with Crippen LogP contribution < -0.4 is 4.74 Å². The van der Waals surface area contributed by atoms with Crippen LogP contribution in [0.2, 0.25) is 0 Å². The van der Waals surface area contributed by atoms with Crippen LogP contribution in [0.3, 0.4) is 0 Å². The number of hydrogen-bond donors (Lipinski definition) is 3. The number of benzene rings is 2. The van der Waals surface area contributed by atoms with Crippen molar-refractivity contribution in [1.82, 2.24) is 0 Å². The highest BCUT2D eigenvalue weighted by Gasteiger charge is 2.45. The predicted molar refractivity (Wildman–Crippen MR) is 132 cm³/mol. The lowest BCUT2D eigenvalue weighted by molar-refractivity contribution is -0.139. The van der Waals surface area contributed by atoms with Crippen molar-refractivity contribution in [3.05, 3.63) is 65.2 Å². The molecule has 0 heterocycles. The van der Waals surface area contributed by atoms with E-state index in [-0.39, 0.29) is 29.2 Å². The van der Waals surface area contributed by atoms with E-state index in [1.807, 2.05) is 36.4 Å². The third-order valence-electron chi connectivity index (χ3n) is 7.83. The SMILES string of the molecule is CCCC1(C(O)c2cccc([C@@H]3[C@@H](Cc4cccc(OCC(=O)O)c4)[C@@H](Cl)C[C@H]3O)c2)CCC1. The number of ether oxygens (including phenoxy) is 1. The van der Waals surface area contributed by atoms with Gasteiger partial charge >= 0.3 is 5.97 Å². The summed E-state index contributed by atoms with van der Waals surface area (Å²) in [6.45, 7) is 1.78. The molecule has 0 saturated heterocycles. The molecule has 184 valence electrons. The molecule has 5 atom stereocenters. The Kier molecular flexibility index (Phi) is 7.86. The smallest absolute Gasteiger partial charge is 0.341 e. The van der Waals surface area contributed by atoms with Crippen LogP contribution in [0, 0.1) is 11.3 Å². The summed E-state index contributed by atoms with van der Waals surface area (Å²) in [7, 11) is 0. The Labute approximate surface area is 206 Å². The molecule has 0 aromatic heterocycles. The van der Waals surface area contributed by atoms with Gasteiger partial charge in [0.15, 0.2) is 6.61 Å². The van der Waals surface area contributed by atoms with Crippen molar-refractivity contribution in [2.24, 2.45) is 11.3 Å². The van der Waals surface area contributed by atoms with Crippen LogP contribution in [-0.4, -0.2) is 39.4 Å². The maximum absolute atomic E-state index is 11.3. The molecule has 34 heavy (non-hydrogen) atoms. The van der Waals surface area contributed by atoms with Crippen molar-refractivity contribution in [1.29, 1.82) is 0 Å². The molecule has 0 radical (unpaired) electrons. The number of rotatable bonds is 10. The van der Waals surface area contributed by atoms with E-state index in [4.69, 9.17) is 21.4 Å². The zero-order chi connectivity index (χ0) is 24.3. The number of hydrogen-bond acceptors (Lipinski definition) is 4. The predicted octanol–water partition coefficient (Wildman–Crippen LogP) is 5.47. The largest absolute Gasteiger partial charge is 0.482 e. The maximum atomic E-state index is 11.3. The first kappa shape index (κ1) is 25.0. The molecule has 2 aliphatic carbocycles. The molecule has 0 bridgehead atoms. The Morgan fingerprint density at radius 2 is 1.97 bits per heavy atom. The monoisotopic (exact) mass is 486 g/mol. The fourth-order valence-corrected chi connectivity index (χ4v) is 6.47. The van der Waals surface area contributed by atoms with E-state index in [1.54, 1.807) is 6.07 Å². The molecule has 0 amide bonds. The van der Waals surface area contributed by atoms with Crippen LogP contribution in [0.1, 0.15) is 74.2 Å². The van der Waals surface area contributed by atoms with Gasteiger partial charge in [0.1, 0.15) is 5.75 Å². The number of aliphatic carboxylic acids is 1. The van der Waals surface area contributed by atoms with E-state index < -0.39 is 18.2 Å². The number of alkyl halides is 1. The third kappa shape index (κ3) is 5.27. The quantitative estimate of drug-likeness (QED) is 0.388. The minimum Gasteiger partial charge on any atom is -0.482 e. The summed E-state index contributed by atoms with van der Waals surface area (Å²) in [5.74, 6) is -0.642. The van der Waals surface area contributed by atoms with Gasteiger partial charge in [0.2, 0.25) is 0 Å². The molecule has 0 aliphatic heterocycles. The Hall–Kier alpha value is -2.08. The molecule has 6 heteroatoms. The van der Waals surface area contributed by atoms with Gasteiger partial charge in [0.25, 0.3) is 0 Å².